The molecule has 15 aromatic carbocycles. The van der Waals surface area contributed by atoms with Crippen LogP contribution in [0.1, 0.15) is 120 Å². The van der Waals surface area contributed by atoms with Crippen LogP contribution in [0.4, 0.5) is 34.1 Å². The molecule has 5 heteroatoms. The molecule has 0 unspecified atom stereocenters. The highest BCUT2D eigenvalue weighted by Gasteiger charge is 2.47. The maximum absolute atomic E-state index is 12.1. The van der Waals surface area contributed by atoms with Gasteiger partial charge < -0.3 is 18.9 Å². The van der Waals surface area contributed by atoms with Gasteiger partial charge in [-0.05, 0) is 191 Å². The van der Waals surface area contributed by atoms with Crippen LogP contribution in [0.2, 0.25) is 0 Å². The van der Waals surface area contributed by atoms with Gasteiger partial charge in [-0.3, -0.25) is 0 Å². The van der Waals surface area contributed by atoms with Crippen molar-refractivity contribution in [3.63, 3.8) is 0 Å². The second kappa shape index (κ2) is 25.1. The van der Waals surface area contributed by atoms with Crippen molar-refractivity contribution in [1.29, 1.82) is 0 Å². The summed E-state index contributed by atoms with van der Waals surface area (Å²) in [6, 6.07) is 23.3. The fraction of sp³-hybridized carbons (Fsp3) is 0.118. The van der Waals surface area contributed by atoms with Crippen LogP contribution in [0.5, 0.6) is 0 Å². The van der Waals surface area contributed by atoms with E-state index >= 15 is 0 Å². The molecule has 4 heterocycles. The van der Waals surface area contributed by atoms with Crippen LogP contribution in [0.15, 0.2) is 339 Å². The molecule has 0 aliphatic carbocycles. The van der Waals surface area contributed by atoms with Crippen LogP contribution in [-0.4, -0.2) is 15.8 Å². The summed E-state index contributed by atoms with van der Waals surface area (Å²) in [6.07, 6.45) is 0. The molecule has 2 aliphatic rings. The maximum Gasteiger partial charge on any atom is 0.252 e. The Morgan fingerprint density at radius 2 is 0.589 bits per heavy atom. The highest BCUT2D eigenvalue weighted by atomic mass is 15.2. The van der Waals surface area contributed by atoms with Crippen LogP contribution >= 0.6 is 0 Å². The zero-order valence-corrected chi connectivity index (χ0v) is 59.9. The van der Waals surface area contributed by atoms with Crippen LogP contribution in [0, 0.1) is 0 Å². The van der Waals surface area contributed by atoms with E-state index in [9.17, 15) is 30.2 Å². The number of benzene rings is 15. The fourth-order valence-corrected chi connectivity index (χ4v) is 15.1. The van der Waals surface area contributed by atoms with E-state index in [0.29, 0.717) is 61.4 Å². The Balaban J connectivity index is 1.09. The van der Waals surface area contributed by atoms with Crippen molar-refractivity contribution in [3.05, 3.63) is 356 Å². The fourth-order valence-electron chi connectivity index (χ4n) is 15.1. The first-order valence-electron chi connectivity index (χ1n) is 50.4. The summed E-state index contributed by atoms with van der Waals surface area (Å²) < 4.78 is 301. The van der Waals surface area contributed by atoms with Gasteiger partial charge in [-0.15, -0.1) is 0 Å². The molecule has 2 aromatic heterocycles. The molecule has 0 saturated carbocycles. The third-order valence-corrected chi connectivity index (χ3v) is 20.4. The molecule has 0 N–H and O–H groups in total. The molecule has 4 nitrogen and oxygen atoms in total. The predicted octanol–water partition coefficient (Wildman–Crippen LogP) is 25.9. The average Bonchev–Trinajstić information content (AvgIpc) is 1.61. The van der Waals surface area contributed by atoms with Gasteiger partial charge in [-0.1, -0.05) is 304 Å². The Hall–Kier alpha value is -12.4. The monoisotopic (exact) mass is 1400 g/mol. The third-order valence-electron chi connectivity index (χ3n) is 20.4. The molecular weight excluding hydrogens is 1290 g/mol. The SMILES string of the molecule is [2H]c1c([2H])c([2H])c(-c2c([2H])c([2H])c3c(c2[2H])c2c([2H])c(-c4c([2H])c([2H])c([2H])c([2H])c4[2H])c([2H])c([2H])c2n3-c2c([2H])c([2H])c3c(c2[2H])N(c2c(-c4ccccc4)cc(C(C)(C)C)cc2-c2ccccc2)c2cc(C(C)(C)C)cc4c2B3c2c([2H])c([2H])c(-n3c5c([2H])c([2H])c([2H])c([2H])c5c5c([2H])c([2H])c([2H])c([2H])c53)c([2H])c2N4c2c(-c3ccccc3)cc(C(C)(C)C)cc2-c2ccccc2)c([2H])c1[2H]. The standard InChI is InChI=1S/C102H83BN4/c1-100(2,3)74-58-81(68-36-20-12-21-37-68)98(82(59-74)69-38-22-13-23-39-69)106-93-64-77(104-89-46-30-28-44-79(89)80-45-29-31-47-90(80)104)50-52-87(93)103-88-53-51-78(105-91-54-48-72(66-32-16-10-17-33-66)56-85(91)86-57-73(49-55-92(86)105)67-34-18-11-19-35-67)65-94(88)107(96-63-76(102(7,8)9)62-95(106)97(96)103)99-83(70-40-24-14-25-41-70)60-75(101(4,5)6)61-84(99)71-42-26-15-27-43-71/h10-65H,1-9H3/i10D,11D,16D,17D,18D,19D,28D,29D,30D,31D,32D,33D,34D,35D,44D,45D,46D,47D,48D,49D,50D,51D,52D,53D,54D,55D,56D,57D,64D,65D. The van der Waals surface area contributed by atoms with Crippen molar-refractivity contribution in [2.24, 2.45) is 0 Å². The number of rotatable bonds is 10. The molecule has 0 bridgehead atoms. The van der Waals surface area contributed by atoms with Crippen LogP contribution < -0.4 is 26.2 Å². The van der Waals surface area contributed by atoms with Crippen LogP contribution in [0.3, 0.4) is 0 Å². The zero-order chi connectivity index (χ0) is 98.7. The van der Waals surface area contributed by atoms with E-state index in [4.69, 9.17) is 11.0 Å². The highest BCUT2D eigenvalue weighted by Crippen LogP contribution is 2.56. The van der Waals surface area contributed by atoms with E-state index < -0.39 is 281 Å². The number of nitrogens with zero attached hydrogens (tertiary/aromatic N) is 4. The minimum atomic E-state index is -1.79. The van der Waals surface area contributed by atoms with Crippen molar-refractivity contribution in [2.75, 3.05) is 9.80 Å². The smallest absolute Gasteiger partial charge is 0.252 e. The van der Waals surface area contributed by atoms with Crippen LogP contribution in [0.25, 0.3) is 122 Å². The van der Waals surface area contributed by atoms with E-state index in [2.05, 4.69) is 20.8 Å². The first-order valence-corrected chi connectivity index (χ1v) is 35.4. The molecular formula is C102H83BN4. The molecule has 0 saturated heterocycles. The molecule has 17 aromatic rings. The van der Waals surface area contributed by atoms with Gasteiger partial charge in [-0.25, -0.2) is 0 Å². The predicted molar refractivity (Wildman–Crippen MR) is 458 cm³/mol. The largest absolute Gasteiger partial charge is 0.310 e. The topological polar surface area (TPSA) is 16.3 Å². The van der Waals surface area contributed by atoms with E-state index in [1.54, 1.807) is 4.90 Å². The van der Waals surface area contributed by atoms with Crippen LogP contribution in [-0.2, 0) is 16.2 Å². The Morgan fingerprint density at radius 3 is 0.935 bits per heavy atom. The number of fused-ring (bicyclic) bond motifs is 10. The van der Waals surface area contributed by atoms with Gasteiger partial charge in [0.1, 0.15) is 0 Å². The number of aromatic nitrogens is 2. The number of hydrogen-bond donors (Lipinski definition) is 0. The van der Waals surface area contributed by atoms with Gasteiger partial charge in [0.25, 0.3) is 6.71 Å². The lowest BCUT2D eigenvalue weighted by atomic mass is 9.33. The molecule has 107 heavy (non-hydrogen) atoms. The molecule has 2 aliphatic heterocycles. The van der Waals surface area contributed by atoms with Gasteiger partial charge in [0, 0.05) is 77.9 Å². The van der Waals surface area contributed by atoms with Crippen molar-refractivity contribution in [2.45, 2.75) is 78.6 Å². The highest BCUT2D eigenvalue weighted by molar-refractivity contribution is 7.00. The second-order valence-electron chi connectivity index (χ2n) is 30.1. The molecule has 19 rings (SSSR count). The molecule has 514 valence electrons. The summed E-state index contributed by atoms with van der Waals surface area (Å²) in [5.74, 6) is 0. The van der Waals surface area contributed by atoms with E-state index in [1.165, 1.54) is 0 Å². The quantitative estimate of drug-likeness (QED) is 0.127. The molecule has 0 radical (unpaired) electrons. The lowest BCUT2D eigenvalue weighted by Crippen LogP contribution is -2.61. The summed E-state index contributed by atoms with van der Waals surface area (Å²) in [5.41, 5.74) is -2.33. The number of para-hydroxylation sites is 2. The van der Waals surface area contributed by atoms with Gasteiger partial charge in [-0.2, -0.15) is 0 Å². The first kappa shape index (κ1) is 40.7. The van der Waals surface area contributed by atoms with E-state index in [-0.39, 0.29) is 39.1 Å². The third kappa shape index (κ3) is 11.0. The minimum absolute atomic E-state index is 0.194. The van der Waals surface area contributed by atoms with Crippen molar-refractivity contribution in [3.8, 4) is 78.1 Å². The van der Waals surface area contributed by atoms with Crippen molar-refractivity contribution < 1.29 is 41.1 Å². The maximum atomic E-state index is 12.1. The Morgan fingerprint density at radius 1 is 0.271 bits per heavy atom. The molecule has 0 fully saturated rings. The summed E-state index contributed by atoms with van der Waals surface area (Å²) in [4.78, 5) is 3.63. The number of hydrogen-bond acceptors (Lipinski definition) is 2. The van der Waals surface area contributed by atoms with Gasteiger partial charge >= 0.3 is 0 Å². The Kier molecular flexibility index (Phi) is 9.57. The lowest BCUT2D eigenvalue weighted by molar-refractivity contribution is 0.590. The van der Waals surface area contributed by atoms with Gasteiger partial charge in [0.15, 0.2) is 0 Å². The van der Waals surface area contributed by atoms with Crippen molar-refractivity contribution in [1.82, 2.24) is 9.13 Å². The first-order chi connectivity index (χ1) is 64.5. The van der Waals surface area contributed by atoms with E-state index in [0.717, 1.165) is 20.3 Å². The lowest BCUT2D eigenvalue weighted by Gasteiger charge is -2.47. The zero-order valence-electron chi connectivity index (χ0n) is 89.9. The average molecular weight is 1410 g/mol. The van der Waals surface area contributed by atoms with Gasteiger partial charge in [0.05, 0.1) is 74.6 Å². The minimum Gasteiger partial charge on any atom is -0.310 e. The molecule has 0 spiro atoms. The van der Waals surface area contributed by atoms with E-state index in [1.807, 2.05) is 204 Å². The Bertz CT molecular complexity index is 7850. The summed E-state index contributed by atoms with van der Waals surface area (Å²) in [5, 5.41) is -2.13. The normalized spacial score (nSPS) is 16.8. The summed E-state index contributed by atoms with van der Waals surface area (Å²) in [7, 11) is 0. The summed E-state index contributed by atoms with van der Waals surface area (Å²) >= 11 is 0. The summed E-state index contributed by atoms with van der Waals surface area (Å²) in [6.45, 7) is 16.4. The van der Waals surface area contributed by atoms with Crippen molar-refractivity contribution >= 4 is 101 Å². The van der Waals surface area contributed by atoms with Gasteiger partial charge in [0.2, 0.25) is 0 Å². The number of anilines is 6. The Labute approximate surface area is 671 Å². The molecule has 0 atom stereocenters. The second-order valence-corrected chi connectivity index (χ2v) is 30.1. The molecule has 0 amide bonds.